The summed E-state index contributed by atoms with van der Waals surface area (Å²) in [5.41, 5.74) is 2.52. The fourth-order valence-electron chi connectivity index (χ4n) is 3.72. The Morgan fingerprint density at radius 2 is 2.14 bits per heavy atom. The molecule has 5 nitrogen and oxygen atoms in total. The van der Waals surface area contributed by atoms with Crippen molar-refractivity contribution in [2.75, 3.05) is 12.3 Å². The van der Waals surface area contributed by atoms with Crippen molar-refractivity contribution in [1.29, 1.82) is 0 Å². The molecule has 6 heteroatoms. The molecule has 1 atom stereocenters. The van der Waals surface area contributed by atoms with Crippen molar-refractivity contribution < 1.29 is 13.0 Å². The van der Waals surface area contributed by atoms with E-state index >= 15 is 0 Å². The molecule has 114 valence electrons. The maximum atomic E-state index is 11.5. The molecule has 0 aromatic carbocycles. The van der Waals surface area contributed by atoms with Gasteiger partial charge in [-0.2, -0.15) is 8.42 Å². The Morgan fingerprint density at radius 1 is 1.43 bits per heavy atom. The molecular weight excluding hydrogens is 288 g/mol. The first-order chi connectivity index (χ1) is 9.71. The molecular formula is C15H20N2O3S. The van der Waals surface area contributed by atoms with Crippen LogP contribution < -0.4 is 16.0 Å². The number of rotatable bonds is 2. The summed E-state index contributed by atoms with van der Waals surface area (Å²) in [6.45, 7) is 4.69. The zero-order valence-corrected chi connectivity index (χ0v) is 13.3. The van der Waals surface area contributed by atoms with Crippen molar-refractivity contribution in [3.63, 3.8) is 0 Å². The normalized spacial score (nSPS) is 24.1. The van der Waals surface area contributed by atoms with Gasteiger partial charge in [0.2, 0.25) is 0 Å². The van der Waals surface area contributed by atoms with Crippen molar-refractivity contribution in [3.05, 3.63) is 33.5 Å². The number of hydrogen-bond donors (Lipinski definition) is 2. The van der Waals surface area contributed by atoms with Gasteiger partial charge in [-0.25, -0.2) is 0 Å². The van der Waals surface area contributed by atoms with Crippen molar-refractivity contribution in [3.8, 4) is 0 Å². The topological polar surface area (TPSA) is 71.3 Å². The molecule has 0 saturated heterocycles. The van der Waals surface area contributed by atoms with Gasteiger partial charge in [0.1, 0.15) is 0 Å². The van der Waals surface area contributed by atoms with E-state index in [2.05, 4.69) is 16.0 Å². The van der Waals surface area contributed by atoms with Gasteiger partial charge in [-0.15, -0.1) is 0 Å². The highest BCUT2D eigenvalue weighted by molar-refractivity contribution is 7.85. The number of nitrogens with zero attached hydrogens (tertiary/aromatic N) is 1. The fraction of sp³-hybridized carbons (Fsp3) is 0.467. The molecule has 1 aliphatic carbocycles. The first-order valence-electron chi connectivity index (χ1n) is 6.99. The standard InChI is InChI=1S/C15H20N2O3S/c1-10-6-12-14(15(2,7-10)9-21(18,19)20)11-4-5-16-8-13(11)17(12)3/h6-8,16H,4-5,9H2,1-3H3,(H,18,19,20). The van der Waals surface area contributed by atoms with Crippen molar-refractivity contribution in [2.24, 2.45) is 7.05 Å². The Hall–Kier alpha value is -1.53. The summed E-state index contributed by atoms with van der Waals surface area (Å²) >= 11 is 0. The largest absolute Gasteiger partial charge is 0.389 e. The van der Waals surface area contributed by atoms with Crippen LogP contribution in [0.4, 0.5) is 0 Å². The molecule has 1 unspecified atom stereocenters. The number of fused-ring (bicyclic) bond motifs is 3. The lowest BCUT2D eigenvalue weighted by Gasteiger charge is -2.29. The van der Waals surface area contributed by atoms with Gasteiger partial charge in [-0.05, 0) is 30.5 Å². The Balaban J connectivity index is 2.36. The van der Waals surface area contributed by atoms with E-state index in [9.17, 15) is 13.0 Å². The molecule has 1 aromatic heterocycles. The average molecular weight is 308 g/mol. The zero-order valence-electron chi connectivity index (χ0n) is 12.5. The van der Waals surface area contributed by atoms with Crippen LogP contribution in [0.2, 0.25) is 0 Å². The third-order valence-corrected chi connectivity index (χ3v) is 5.28. The molecule has 1 aromatic rings. The van der Waals surface area contributed by atoms with Crippen LogP contribution in [-0.4, -0.2) is 29.8 Å². The predicted octanol–water partition coefficient (Wildman–Crippen LogP) is -0.205. The fourth-order valence-corrected chi connectivity index (χ4v) is 4.70. The van der Waals surface area contributed by atoms with E-state index in [0.717, 1.165) is 34.8 Å². The lowest BCUT2D eigenvalue weighted by molar-refractivity contribution is 0.468. The van der Waals surface area contributed by atoms with E-state index in [-0.39, 0.29) is 5.75 Å². The third-order valence-electron chi connectivity index (χ3n) is 4.31. The lowest BCUT2D eigenvalue weighted by atomic mass is 9.78. The lowest BCUT2D eigenvalue weighted by Crippen LogP contribution is -2.38. The van der Waals surface area contributed by atoms with Crippen LogP contribution >= 0.6 is 0 Å². The quantitative estimate of drug-likeness (QED) is 0.742. The minimum Gasteiger partial charge on any atom is -0.389 e. The Labute approximate surface area is 124 Å². The monoisotopic (exact) mass is 308 g/mol. The third kappa shape index (κ3) is 2.32. The molecule has 3 rings (SSSR count). The van der Waals surface area contributed by atoms with Gasteiger partial charge in [-0.1, -0.05) is 18.6 Å². The number of aromatic nitrogens is 1. The summed E-state index contributed by atoms with van der Waals surface area (Å²) in [6, 6.07) is 0. The second-order valence-electron chi connectivity index (χ2n) is 6.21. The van der Waals surface area contributed by atoms with Crippen LogP contribution in [0.5, 0.6) is 0 Å². The maximum Gasteiger partial charge on any atom is 0.266 e. The Bertz CT molecular complexity index is 862. The zero-order chi connectivity index (χ0) is 15.4. The number of nitrogens with one attached hydrogen (secondary N) is 1. The van der Waals surface area contributed by atoms with Crippen molar-refractivity contribution in [2.45, 2.75) is 25.7 Å². The van der Waals surface area contributed by atoms with Crippen LogP contribution in [0.3, 0.4) is 0 Å². The van der Waals surface area contributed by atoms with E-state index in [4.69, 9.17) is 0 Å². The maximum absolute atomic E-state index is 11.5. The highest BCUT2D eigenvalue weighted by Gasteiger charge is 2.36. The van der Waals surface area contributed by atoms with Gasteiger partial charge in [0, 0.05) is 30.6 Å². The van der Waals surface area contributed by atoms with E-state index < -0.39 is 15.5 Å². The minimum absolute atomic E-state index is 0.290. The summed E-state index contributed by atoms with van der Waals surface area (Å²) in [7, 11) is -2.07. The van der Waals surface area contributed by atoms with Gasteiger partial charge in [0.15, 0.2) is 0 Å². The van der Waals surface area contributed by atoms with E-state index in [0.29, 0.717) is 0 Å². The van der Waals surface area contributed by atoms with E-state index in [1.807, 2.05) is 33.2 Å². The van der Waals surface area contributed by atoms with Crippen molar-refractivity contribution in [1.82, 2.24) is 9.88 Å². The molecule has 0 bridgehead atoms. The first-order valence-corrected chi connectivity index (χ1v) is 8.60. The predicted molar refractivity (Wildman–Crippen MR) is 82.8 cm³/mol. The first kappa shape index (κ1) is 14.4. The molecule has 0 saturated carbocycles. The Morgan fingerprint density at radius 3 is 2.81 bits per heavy atom. The molecule has 0 amide bonds. The molecule has 1 aliphatic heterocycles. The second kappa shape index (κ2) is 4.48. The summed E-state index contributed by atoms with van der Waals surface area (Å²) in [4.78, 5) is 0. The van der Waals surface area contributed by atoms with Crippen LogP contribution in [0.15, 0.2) is 11.6 Å². The molecule has 2 heterocycles. The number of allylic oxidation sites excluding steroid dienone is 2. The van der Waals surface area contributed by atoms with E-state index in [1.54, 1.807) is 0 Å². The summed E-state index contributed by atoms with van der Waals surface area (Å²) in [5, 5.41) is 5.36. The second-order valence-corrected chi connectivity index (χ2v) is 7.66. The number of hydrogen-bond acceptors (Lipinski definition) is 3. The van der Waals surface area contributed by atoms with Gasteiger partial charge >= 0.3 is 0 Å². The van der Waals surface area contributed by atoms with Crippen LogP contribution in [0, 0.1) is 0 Å². The van der Waals surface area contributed by atoms with Gasteiger partial charge < -0.3 is 9.88 Å². The summed E-state index contributed by atoms with van der Waals surface area (Å²) in [5.74, 6) is -0.290. The van der Waals surface area contributed by atoms with E-state index in [1.165, 1.54) is 5.56 Å². The molecule has 0 fully saturated rings. The highest BCUT2D eigenvalue weighted by Crippen LogP contribution is 2.31. The van der Waals surface area contributed by atoms with Crippen molar-refractivity contribution >= 4 is 22.4 Å². The van der Waals surface area contributed by atoms with Gasteiger partial charge in [-0.3, -0.25) is 4.55 Å². The molecule has 2 aliphatic rings. The SMILES string of the molecule is CC1=CC(C)(CS(=O)(=O)O)c2c3c(n(C)c2=C1)=CNCC3. The molecule has 0 spiro atoms. The smallest absolute Gasteiger partial charge is 0.266 e. The summed E-state index contributed by atoms with van der Waals surface area (Å²) in [6.07, 6.45) is 6.86. The average Bonchev–Trinajstić information content (AvgIpc) is 2.61. The summed E-state index contributed by atoms with van der Waals surface area (Å²) < 4.78 is 34.4. The van der Waals surface area contributed by atoms with Gasteiger partial charge in [0.25, 0.3) is 10.1 Å². The van der Waals surface area contributed by atoms with Crippen LogP contribution in [0.25, 0.3) is 12.3 Å². The molecule has 0 radical (unpaired) electrons. The molecule has 21 heavy (non-hydrogen) atoms. The highest BCUT2D eigenvalue weighted by atomic mass is 32.2. The van der Waals surface area contributed by atoms with Crippen LogP contribution in [-0.2, 0) is 29.0 Å². The van der Waals surface area contributed by atoms with Gasteiger partial charge in [0.05, 0.1) is 11.1 Å². The Kier molecular flexibility index (Phi) is 3.07. The molecule has 2 N–H and O–H groups in total. The minimum atomic E-state index is -4.06. The van der Waals surface area contributed by atoms with Crippen LogP contribution in [0.1, 0.15) is 25.0 Å².